The Hall–Kier alpha value is -1.71. The molecule has 0 aromatic carbocycles. The van der Waals surface area contributed by atoms with Crippen LogP contribution in [-0.4, -0.2) is 18.0 Å². The molecule has 0 saturated carbocycles. The summed E-state index contributed by atoms with van der Waals surface area (Å²) < 4.78 is 0. The van der Waals surface area contributed by atoms with Gasteiger partial charge in [-0.15, -0.1) is 0 Å². The molecule has 0 aliphatic rings. The van der Waals surface area contributed by atoms with Crippen molar-refractivity contribution in [3.05, 3.63) is 24.3 Å². The van der Waals surface area contributed by atoms with Gasteiger partial charge in [0, 0.05) is 6.42 Å². The smallest absolute Gasteiger partial charge is 0.217 e. The van der Waals surface area contributed by atoms with Crippen molar-refractivity contribution < 1.29 is 14.4 Å². The highest BCUT2D eigenvalue weighted by atomic mass is 16.1. The molecule has 0 fully saturated rings. The lowest BCUT2D eigenvalue weighted by Crippen LogP contribution is -2.08. The second kappa shape index (κ2) is 6.97. The zero-order valence-electron chi connectivity index (χ0n) is 7.10. The molecule has 1 amide bonds. The van der Waals surface area contributed by atoms with Crippen LogP contribution in [0.4, 0.5) is 0 Å². The summed E-state index contributed by atoms with van der Waals surface area (Å²) in [5.41, 5.74) is 4.87. The highest BCUT2D eigenvalue weighted by Crippen LogP contribution is 1.90. The number of allylic oxidation sites excluding steroid dienone is 4. The topological polar surface area (TPSA) is 77.2 Å². The maximum Gasteiger partial charge on any atom is 0.217 e. The molecule has 4 heteroatoms. The SMILES string of the molecule is NC(=O)CC/C=C/C(=O)/C=C\C=O. The number of carbonyl (C=O) groups excluding carboxylic acids is 3. The number of aldehydes is 1. The molecular formula is C9H11NO3. The Balaban J connectivity index is 3.71. The van der Waals surface area contributed by atoms with Crippen molar-refractivity contribution in [2.45, 2.75) is 12.8 Å². The third-order valence-corrected chi connectivity index (χ3v) is 1.18. The van der Waals surface area contributed by atoms with Crippen molar-refractivity contribution in [3.63, 3.8) is 0 Å². The van der Waals surface area contributed by atoms with Gasteiger partial charge in [-0.2, -0.15) is 0 Å². The van der Waals surface area contributed by atoms with Gasteiger partial charge in [0.1, 0.15) is 6.29 Å². The van der Waals surface area contributed by atoms with Gasteiger partial charge in [0.15, 0.2) is 5.78 Å². The number of nitrogens with two attached hydrogens (primary N) is 1. The van der Waals surface area contributed by atoms with Gasteiger partial charge in [0.2, 0.25) is 5.91 Å². The van der Waals surface area contributed by atoms with E-state index in [4.69, 9.17) is 5.73 Å². The summed E-state index contributed by atoms with van der Waals surface area (Å²) in [5.74, 6) is -0.683. The fourth-order valence-electron chi connectivity index (χ4n) is 0.615. The van der Waals surface area contributed by atoms with Gasteiger partial charge in [-0.3, -0.25) is 14.4 Å². The zero-order chi connectivity index (χ0) is 10.1. The minimum absolute atomic E-state index is 0.223. The second-order valence-electron chi connectivity index (χ2n) is 2.30. The van der Waals surface area contributed by atoms with Crippen LogP contribution >= 0.6 is 0 Å². The number of carbonyl (C=O) groups is 3. The molecule has 0 atom stereocenters. The van der Waals surface area contributed by atoms with E-state index >= 15 is 0 Å². The summed E-state index contributed by atoms with van der Waals surface area (Å²) in [6.07, 6.45) is 6.28. The molecule has 0 heterocycles. The molecular weight excluding hydrogens is 170 g/mol. The summed E-state index contributed by atoms with van der Waals surface area (Å²) in [6.45, 7) is 0. The van der Waals surface area contributed by atoms with Gasteiger partial charge in [-0.25, -0.2) is 0 Å². The first-order valence-corrected chi connectivity index (χ1v) is 3.77. The summed E-state index contributed by atoms with van der Waals surface area (Å²) in [7, 11) is 0. The Bertz CT molecular complexity index is 254. The number of rotatable bonds is 6. The number of hydrogen-bond donors (Lipinski definition) is 1. The van der Waals surface area contributed by atoms with Gasteiger partial charge in [0.05, 0.1) is 0 Å². The third kappa shape index (κ3) is 8.19. The monoisotopic (exact) mass is 181 g/mol. The van der Waals surface area contributed by atoms with E-state index in [1.807, 2.05) is 0 Å². The van der Waals surface area contributed by atoms with Crippen LogP contribution in [0.3, 0.4) is 0 Å². The molecule has 0 aliphatic carbocycles. The average molecular weight is 181 g/mol. The average Bonchev–Trinajstić information content (AvgIpc) is 2.08. The highest BCUT2D eigenvalue weighted by Gasteiger charge is 1.90. The minimum atomic E-state index is -0.402. The maximum atomic E-state index is 10.8. The Kier molecular flexibility index (Phi) is 6.05. The Morgan fingerprint density at radius 2 is 1.92 bits per heavy atom. The van der Waals surface area contributed by atoms with E-state index in [1.165, 1.54) is 6.08 Å². The first-order valence-electron chi connectivity index (χ1n) is 3.77. The van der Waals surface area contributed by atoms with Crippen LogP contribution in [0.5, 0.6) is 0 Å². The fourth-order valence-corrected chi connectivity index (χ4v) is 0.615. The zero-order valence-corrected chi connectivity index (χ0v) is 7.10. The lowest BCUT2D eigenvalue weighted by atomic mass is 10.2. The van der Waals surface area contributed by atoms with Gasteiger partial charge in [-0.1, -0.05) is 6.08 Å². The predicted molar refractivity (Wildman–Crippen MR) is 47.8 cm³/mol. The highest BCUT2D eigenvalue weighted by molar-refractivity contribution is 6.01. The molecule has 0 unspecified atom stereocenters. The van der Waals surface area contributed by atoms with E-state index in [-0.39, 0.29) is 12.2 Å². The van der Waals surface area contributed by atoms with Crippen LogP contribution < -0.4 is 5.73 Å². The van der Waals surface area contributed by atoms with Crippen LogP contribution in [0, 0.1) is 0 Å². The molecule has 13 heavy (non-hydrogen) atoms. The Labute approximate surface area is 76.1 Å². The number of hydrogen-bond acceptors (Lipinski definition) is 3. The normalized spacial score (nSPS) is 10.8. The molecule has 2 N–H and O–H groups in total. The quantitative estimate of drug-likeness (QED) is 0.467. The fraction of sp³-hybridized carbons (Fsp3) is 0.222. The van der Waals surface area contributed by atoms with Crippen LogP contribution in [-0.2, 0) is 14.4 Å². The maximum absolute atomic E-state index is 10.8. The summed E-state index contributed by atoms with van der Waals surface area (Å²) in [5, 5.41) is 0. The summed E-state index contributed by atoms with van der Waals surface area (Å²) >= 11 is 0. The van der Waals surface area contributed by atoms with Crippen molar-refractivity contribution >= 4 is 18.0 Å². The number of ketones is 1. The lowest BCUT2D eigenvalue weighted by Gasteiger charge is -1.86. The Morgan fingerprint density at radius 3 is 2.46 bits per heavy atom. The Morgan fingerprint density at radius 1 is 1.23 bits per heavy atom. The first-order chi connectivity index (χ1) is 6.16. The van der Waals surface area contributed by atoms with Gasteiger partial charge >= 0.3 is 0 Å². The van der Waals surface area contributed by atoms with Crippen molar-refractivity contribution in [3.8, 4) is 0 Å². The second-order valence-corrected chi connectivity index (χ2v) is 2.30. The van der Waals surface area contributed by atoms with Crippen LogP contribution in [0.15, 0.2) is 24.3 Å². The third-order valence-electron chi connectivity index (χ3n) is 1.18. The first kappa shape index (κ1) is 11.3. The molecule has 4 nitrogen and oxygen atoms in total. The van der Waals surface area contributed by atoms with Gasteiger partial charge < -0.3 is 5.73 Å². The predicted octanol–water partition coefficient (Wildman–Crippen LogP) is 0.132. The molecule has 0 aliphatic heterocycles. The van der Waals surface area contributed by atoms with Crippen molar-refractivity contribution in [1.29, 1.82) is 0 Å². The largest absolute Gasteiger partial charge is 0.370 e. The lowest BCUT2D eigenvalue weighted by molar-refractivity contribution is -0.118. The minimum Gasteiger partial charge on any atom is -0.370 e. The molecule has 0 aromatic rings. The van der Waals surface area contributed by atoms with Gasteiger partial charge in [-0.05, 0) is 24.6 Å². The molecule has 0 aromatic heterocycles. The molecule has 0 saturated heterocycles. The number of primary amides is 1. The molecule has 70 valence electrons. The van der Waals surface area contributed by atoms with E-state index in [2.05, 4.69) is 0 Å². The number of amides is 1. The van der Waals surface area contributed by atoms with Crippen LogP contribution in [0.2, 0.25) is 0 Å². The van der Waals surface area contributed by atoms with Crippen molar-refractivity contribution in [2.24, 2.45) is 5.73 Å². The molecule has 0 rings (SSSR count). The van der Waals surface area contributed by atoms with Crippen LogP contribution in [0.1, 0.15) is 12.8 Å². The summed E-state index contributed by atoms with van der Waals surface area (Å²) in [6, 6.07) is 0. The standard InChI is InChI=1S/C9H11NO3/c10-9(13)6-2-1-4-8(12)5-3-7-11/h1,3-5,7H,2,6H2,(H2,10,13)/b4-1+,5-3-. The van der Waals surface area contributed by atoms with E-state index in [1.54, 1.807) is 6.08 Å². The van der Waals surface area contributed by atoms with Crippen molar-refractivity contribution in [1.82, 2.24) is 0 Å². The van der Waals surface area contributed by atoms with Gasteiger partial charge in [0.25, 0.3) is 0 Å². The molecule has 0 bridgehead atoms. The molecule has 0 spiro atoms. The summed E-state index contributed by atoms with van der Waals surface area (Å²) in [4.78, 5) is 30.9. The van der Waals surface area contributed by atoms with Crippen molar-refractivity contribution in [2.75, 3.05) is 0 Å². The van der Waals surface area contributed by atoms with E-state index in [9.17, 15) is 14.4 Å². The van der Waals surface area contributed by atoms with Crippen LogP contribution in [0.25, 0.3) is 0 Å². The van der Waals surface area contributed by atoms with E-state index in [0.29, 0.717) is 12.7 Å². The molecule has 0 radical (unpaired) electrons. The van der Waals surface area contributed by atoms with E-state index < -0.39 is 5.91 Å². The van der Waals surface area contributed by atoms with E-state index in [0.717, 1.165) is 12.2 Å².